The highest BCUT2D eigenvalue weighted by Crippen LogP contribution is 2.43. The van der Waals surface area contributed by atoms with Gasteiger partial charge in [-0.1, -0.05) is 119 Å². The summed E-state index contributed by atoms with van der Waals surface area (Å²) in [5.74, 6) is -1.45. The van der Waals surface area contributed by atoms with E-state index < -0.39 is 52.4 Å². The lowest BCUT2D eigenvalue weighted by Gasteiger charge is -2.49. The maximum Gasteiger partial charge on any atom is 0.355 e. The first kappa shape index (κ1) is 50.5. The van der Waals surface area contributed by atoms with Crippen LogP contribution in [0.4, 0.5) is 5.13 Å². The lowest BCUT2D eigenvalue weighted by Crippen LogP contribution is -2.71. The number of hydrogen-bond donors (Lipinski definition) is 2. The third kappa shape index (κ3) is 11.5. The average Bonchev–Trinajstić information content (AvgIpc) is 4.12. The zero-order valence-electron chi connectivity index (χ0n) is 39.9. The normalized spacial score (nSPS) is 16.1. The predicted molar refractivity (Wildman–Crippen MR) is 281 cm³/mol. The number of hydrogen-bond acceptors (Lipinski definition) is 18. The molecule has 3 atom stereocenters. The molecule has 3 aromatic heterocycles. The molecule has 1 saturated heterocycles. The molecule has 9 rings (SSSR count). The fourth-order valence-electron chi connectivity index (χ4n) is 8.13. The molecule has 20 heteroatoms. The molecule has 0 unspecified atom stereocenters. The number of pyridine rings is 1. The molecule has 5 heterocycles. The molecule has 2 aliphatic rings. The van der Waals surface area contributed by atoms with Crippen LogP contribution in [0.25, 0.3) is 0 Å². The van der Waals surface area contributed by atoms with Gasteiger partial charge in [-0.3, -0.25) is 19.5 Å². The first-order chi connectivity index (χ1) is 35.4. The molecule has 1 fully saturated rings. The minimum atomic E-state index is -1.45. The number of nitrogens with zero attached hydrogens (tertiary/aromatic N) is 6. The average molecular weight is 1050 g/mol. The number of thioether (sulfide) groups is 2. The lowest BCUT2D eigenvalue weighted by atomic mass is 9.77. The van der Waals surface area contributed by atoms with E-state index in [2.05, 4.69) is 30.4 Å². The van der Waals surface area contributed by atoms with E-state index in [4.69, 9.17) is 24.0 Å². The van der Waals surface area contributed by atoms with Crippen molar-refractivity contribution in [2.75, 3.05) is 23.9 Å². The van der Waals surface area contributed by atoms with Gasteiger partial charge in [-0.15, -0.1) is 40.0 Å². The Morgan fingerprint density at radius 2 is 1.55 bits per heavy atom. The van der Waals surface area contributed by atoms with Crippen molar-refractivity contribution in [3.05, 3.63) is 196 Å². The van der Waals surface area contributed by atoms with Crippen molar-refractivity contribution < 1.29 is 38.2 Å². The molecule has 2 N–H and O–H groups in total. The summed E-state index contributed by atoms with van der Waals surface area (Å²) in [6.45, 7) is 5.12. The van der Waals surface area contributed by atoms with Gasteiger partial charge in [-0.25, -0.2) is 14.6 Å². The molecule has 372 valence electrons. The van der Waals surface area contributed by atoms with Crippen LogP contribution in [-0.4, -0.2) is 89.6 Å². The van der Waals surface area contributed by atoms with Gasteiger partial charge in [0.05, 0.1) is 13.3 Å². The first-order valence-electron chi connectivity index (χ1n) is 22.9. The van der Waals surface area contributed by atoms with Crippen LogP contribution in [0.2, 0.25) is 0 Å². The third-order valence-electron chi connectivity index (χ3n) is 11.5. The number of carbonyl (C=O) groups excluding carboxylic acids is 4. The Bertz CT molecular complexity index is 3010. The molecule has 2 amide bonds. The Morgan fingerprint density at radius 1 is 0.877 bits per heavy atom. The van der Waals surface area contributed by atoms with Gasteiger partial charge in [0.2, 0.25) is 6.10 Å². The van der Waals surface area contributed by atoms with E-state index in [1.54, 1.807) is 82.1 Å². The number of nitrogens with one attached hydrogen (secondary N) is 2. The number of aromatic nitrogens is 4. The number of amides is 2. The number of methoxy groups -OCH3 is 1. The summed E-state index contributed by atoms with van der Waals surface area (Å²) in [4.78, 5) is 73.7. The SMILES string of the molecule is COc1ccc(COC(=O)C2=C(CSc3cnns3)CS[C@H]3[C@H](NC(=O)/C(=N\O[C@@H](C(=O)OC(C)(C)C)c4cccnc4)c4csc(NC(c5ccccc5)(c5ccccc5)c5ccccc5)n4)C(=O)N23)cc1. The van der Waals surface area contributed by atoms with Crippen LogP contribution in [0.15, 0.2) is 172 Å². The summed E-state index contributed by atoms with van der Waals surface area (Å²) in [6.07, 6.45) is 3.18. The Kier molecular flexibility index (Phi) is 15.6. The number of fused-ring (bicyclic) bond motifs is 1. The highest BCUT2D eigenvalue weighted by molar-refractivity contribution is 8.01. The summed E-state index contributed by atoms with van der Waals surface area (Å²) in [7, 11) is 1.57. The van der Waals surface area contributed by atoms with Crippen molar-refractivity contribution in [1.29, 1.82) is 0 Å². The number of anilines is 1. The first-order valence-corrected chi connectivity index (χ1v) is 26.6. The molecule has 73 heavy (non-hydrogen) atoms. The van der Waals surface area contributed by atoms with Gasteiger partial charge in [0.15, 0.2) is 10.8 Å². The van der Waals surface area contributed by atoms with E-state index in [0.717, 1.165) is 26.5 Å². The van der Waals surface area contributed by atoms with Crippen LogP contribution in [0.5, 0.6) is 5.75 Å². The van der Waals surface area contributed by atoms with Gasteiger partial charge in [0, 0.05) is 34.8 Å². The van der Waals surface area contributed by atoms with Crippen molar-refractivity contribution >= 4 is 81.0 Å². The number of thiazole rings is 1. The van der Waals surface area contributed by atoms with Gasteiger partial charge in [-0.2, -0.15) is 0 Å². The topological polar surface area (TPSA) is 196 Å². The second-order valence-corrected chi connectivity index (χ2v) is 21.5. The van der Waals surface area contributed by atoms with Gasteiger partial charge < -0.3 is 29.7 Å². The summed E-state index contributed by atoms with van der Waals surface area (Å²) in [5, 5.41) is 16.3. The Hall–Kier alpha value is -7.39. The second kappa shape index (κ2) is 22.6. The van der Waals surface area contributed by atoms with Gasteiger partial charge in [-0.05, 0) is 78.3 Å². The molecule has 16 nitrogen and oxygen atoms in total. The maximum atomic E-state index is 14.9. The third-order valence-corrected chi connectivity index (χ3v) is 15.5. The molecular formula is C53H48N8O8S4. The zero-order valence-corrected chi connectivity index (χ0v) is 43.1. The summed E-state index contributed by atoms with van der Waals surface area (Å²) in [6, 6.07) is 39.2. The fourth-order valence-corrected chi connectivity index (χ4v) is 11.8. The van der Waals surface area contributed by atoms with Gasteiger partial charge in [0.1, 0.15) is 50.5 Å². The molecule has 7 aromatic rings. The van der Waals surface area contributed by atoms with E-state index >= 15 is 0 Å². The van der Waals surface area contributed by atoms with E-state index in [1.807, 2.05) is 91.0 Å². The minimum Gasteiger partial charge on any atom is -0.497 e. The minimum absolute atomic E-state index is 0.0532. The molecule has 0 radical (unpaired) electrons. The van der Waals surface area contributed by atoms with E-state index in [9.17, 15) is 19.2 Å². The molecule has 0 aliphatic carbocycles. The molecular weight excluding hydrogens is 1000 g/mol. The van der Waals surface area contributed by atoms with Crippen LogP contribution in [0, 0.1) is 0 Å². The number of benzene rings is 4. The highest BCUT2D eigenvalue weighted by Gasteiger charge is 2.55. The van der Waals surface area contributed by atoms with Crippen molar-refractivity contribution in [1.82, 2.24) is 29.8 Å². The molecule has 0 saturated carbocycles. The molecule has 0 bridgehead atoms. The molecule has 2 aliphatic heterocycles. The highest BCUT2D eigenvalue weighted by atomic mass is 32.2. The number of esters is 2. The Morgan fingerprint density at radius 3 is 2.14 bits per heavy atom. The number of carbonyl (C=O) groups is 4. The van der Waals surface area contributed by atoms with Crippen LogP contribution in [-0.2, 0) is 45.6 Å². The Labute approximate surface area is 437 Å². The number of ether oxygens (including phenoxy) is 3. The fraction of sp³-hybridized carbons (Fsp3) is 0.226. The summed E-state index contributed by atoms with van der Waals surface area (Å²) >= 11 is 5.29. The summed E-state index contributed by atoms with van der Waals surface area (Å²) < 4.78 is 21.6. The van der Waals surface area contributed by atoms with Crippen LogP contribution in [0.1, 0.15) is 60.4 Å². The largest absolute Gasteiger partial charge is 0.497 e. The predicted octanol–water partition coefficient (Wildman–Crippen LogP) is 8.80. The Balaban J connectivity index is 1.05. The monoisotopic (exact) mass is 1050 g/mol. The number of oxime groups is 1. The van der Waals surface area contributed by atoms with Gasteiger partial charge >= 0.3 is 11.9 Å². The van der Waals surface area contributed by atoms with Crippen LogP contribution >= 0.6 is 46.4 Å². The standard InChI is InChI=1S/C53H48N8O8S4/c1-52(2,3)68-50(65)45(34-15-14-26-54-27-34)69-59-42(40-32-72-51(56-40)58-53(36-16-8-5-9-17-36,37-18-10-6-11-19-37)38-20-12-7-13-21-38)46(62)57-43-47(63)61-44(49(64)67-29-33-22-24-39(66-4)25-23-33)35(31-71-48(43)61)30-70-41-28-55-60-73-41/h5-28,32,43,45,48H,29-31H2,1-4H3,(H,56,58)(H,57,62)/b59-42-/t43-,45-,48+/m1/s1. The van der Waals surface area contributed by atoms with Crippen LogP contribution < -0.4 is 15.4 Å². The molecule has 4 aromatic carbocycles. The zero-order chi connectivity index (χ0) is 51.0. The van der Waals surface area contributed by atoms with Crippen molar-refractivity contribution in [3.63, 3.8) is 0 Å². The smallest absolute Gasteiger partial charge is 0.355 e. The lowest BCUT2D eigenvalue weighted by molar-refractivity contribution is -0.169. The van der Waals surface area contributed by atoms with Crippen molar-refractivity contribution in [2.45, 2.75) is 60.2 Å². The van der Waals surface area contributed by atoms with E-state index in [1.165, 1.54) is 57.5 Å². The maximum absolute atomic E-state index is 14.9. The quantitative estimate of drug-likeness (QED) is 0.0195. The molecule has 0 spiro atoms. The summed E-state index contributed by atoms with van der Waals surface area (Å²) in [5.41, 5.74) is 2.50. The van der Waals surface area contributed by atoms with E-state index in [0.29, 0.717) is 33.5 Å². The number of β-lactam (4-membered cyclic amide) rings is 1. The van der Waals surface area contributed by atoms with Crippen molar-refractivity contribution in [3.8, 4) is 5.75 Å². The van der Waals surface area contributed by atoms with Crippen molar-refractivity contribution in [2.24, 2.45) is 5.16 Å². The van der Waals surface area contributed by atoms with Gasteiger partial charge in [0.25, 0.3) is 11.8 Å². The van der Waals surface area contributed by atoms with Crippen LogP contribution in [0.3, 0.4) is 0 Å². The number of rotatable bonds is 19. The van der Waals surface area contributed by atoms with E-state index in [-0.39, 0.29) is 23.7 Å². The second-order valence-electron chi connectivity index (χ2n) is 17.5.